The average molecular weight is 294 g/mol. The predicted molar refractivity (Wildman–Crippen MR) is 78.5 cm³/mol. The molecule has 6 nitrogen and oxygen atoms in total. The highest BCUT2D eigenvalue weighted by Crippen LogP contribution is 2.10. The van der Waals surface area contributed by atoms with Gasteiger partial charge in [0.1, 0.15) is 5.60 Å². The highest BCUT2D eigenvalue weighted by molar-refractivity contribution is 6.35. The molecular formula is C15H22N2O4. The van der Waals surface area contributed by atoms with Crippen molar-refractivity contribution in [1.29, 1.82) is 0 Å². The molecule has 1 aromatic carbocycles. The second-order valence-corrected chi connectivity index (χ2v) is 5.22. The van der Waals surface area contributed by atoms with E-state index in [2.05, 4.69) is 10.6 Å². The van der Waals surface area contributed by atoms with Crippen molar-refractivity contribution in [3.63, 3.8) is 0 Å². The van der Waals surface area contributed by atoms with Gasteiger partial charge < -0.3 is 20.5 Å². The summed E-state index contributed by atoms with van der Waals surface area (Å²) in [5.74, 6) is -1.52. The van der Waals surface area contributed by atoms with Crippen molar-refractivity contribution < 1.29 is 19.4 Å². The van der Waals surface area contributed by atoms with Gasteiger partial charge in [-0.25, -0.2) is 0 Å². The summed E-state index contributed by atoms with van der Waals surface area (Å²) >= 11 is 0. The molecule has 2 amide bonds. The summed E-state index contributed by atoms with van der Waals surface area (Å²) in [5, 5.41) is 14.8. The molecule has 0 unspecified atom stereocenters. The Labute approximate surface area is 124 Å². The number of hydrogen-bond acceptors (Lipinski definition) is 4. The molecule has 6 heteroatoms. The maximum Gasteiger partial charge on any atom is 0.309 e. The van der Waals surface area contributed by atoms with Gasteiger partial charge in [-0.05, 0) is 19.4 Å². The van der Waals surface area contributed by atoms with Crippen LogP contribution in [0.5, 0.6) is 0 Å². The lowest BCUT2D eigenvalue weighted by molar-refractivity contribution is -0.140. The molecule has 0 spiro atoms. The van der Waals surface area contributed by atoms with Gasteiger partial charge in [0.25, 0.3) is 0 Å². The van der Waals surface area contributed by atoms with E-state index in [4.69, 9.17) is 4.74 Å². The molecule has 0 radical (unpaired) electrons. The zero-order valence-electron chi connectivity index (χ0n) is 12.6. The van der Waals surface area contributed by atoms with Crippen molar-refractivity contribution in [1.82, 2.24) is 10.6 Å². The van der Waals surface area contributed by atoms with Gasteiger partial charge in [0.2, 0.25) is 0 Å². The van der Waals surface area contributed by atoms with Crippen LogP contribution in [0.15, 0.2) is 30.3 Å². The number of amides is 2. The number of hydrogen-bond donors (Lipinski definition) is 3. The zero-order chi connectivity index (χ0) is 15.9. The molecule has 0 heterocycles. The van der Waals surface area contributed by atoms with Crippen LogP contribution in [0.25, 0.3) is 0 Å². The zero-order valence-corrected chi connectivity index (χ0v) is 12.6. The van der Waals surface area contributed by atoms with E-state index in [1.807, 2.05) is 30.3 Å². The molecule has 0 aliphatic carbocycles. The first-order chi connectivity index (χ1) is 9.85. The number of aliphatic hydroxyl groups is 1. The number of rotatable bonds is 6. The normalized spacial score (nSPS) is 14.9. The topological polar surface area (TPSA) is 87.7 Å². The molecule has 0 saturated heterocycles. The Morgan fingerprint density at radius 1 is 1.29 bits per heavy atom. The molecule has 0 fully saturated rings. The SMILES string of the molecule is COC[C@@](C)(O)CNC(=O)C(=O)N[C@H](C)c1ccccc1. The van der Waals surface area contributed by atoms with E-state index in [9.17, 15) is 14.7 Å². The van der Waals surface area contributed by atoms with E-state index >= 15 is 0 Å². The lowest BCUT2D eigenvalue weighted by Gasteiger charge is -2.22. The fourth-order valence-corrected chi connectivity index (χ4v) is 1.80. The van der Waals surface area contributed by atoms with E-state index in [-0.39, 0.29) is 19.2 Å². The van der Waals surface area contributed by atoms with E-state index < -0.39 is 17.4 Å². The molecule has 0 aliphatic rings. The number of carbonyl (C=O) groups is 2. The van der Waals surface area contributed by atoms with Gasteiger partial charge in [0.05, 0.1) is 12.6 Å². The van der Waals surface area contributed by atoms with Crippen LogP contribution in [0.3, 0.4) is 0 Å². The van der Waals surface area contributed by atoms with Crippen LogP contribution in [0.2, 0.25) is 0 Å². The summed E-state index contributed by atoms with van der Waals surface area (Å²) in [6.45, 7) is 3.31. The minimum Gasteiger partial charge on any atom is -0.386 e. The number of carbonyl (C=O) groups excluding carboxylic acids is 2. The molecular weight excluding hydrogens is 272 g/mol. The minimum absolute atomic E-state index is 0.0627. The summed E-state index contributed by atoms with van der Waals surface area (Å²) in [6, 6.07) is 9.06. The molecule has 0 aliphatic heterocycles. The van der Waals surface area contributed by atoms with Crippen molar-refractivity contribution >= 4 is 11.8 Å². The van der Waals surface area contributed by atoms with E-state index in [0.717, 1.165) is 5.56 Å². The quantitative estimate of drug-likeness (QED) is 0.662. The van der Waals surface area contributed by atoms with Crippen molar-refractivity contribution in [2.24, 2.45) is 0 Å². The first kappa shape index (κ1) is 17.1. The van der Waals surface area contributed by atoms with E-state index in [1.54, 1.807) is 6.92 Å². The summed E-state index contributed by atoms with van der Waals surface area (Å²) in [6.07, 6.45) is 0. The Morgan fingerprint density at radius 3 is 2.48 bits per heavy atom. The van der Waals surface area contributed by atoms with Crippen LogP contribution in [0, 0.1) is 0 Å². The fraction of sp³-hybridized carbons (Fsp3) is 0.467. The summed E-state index contributed by atoms with van der Waals surface area (Å²) in [5.41, 5.74) is -0.305. The van der Waals surface area contributed by atoms with Gasteiger partial charge in [0.15, 0.2) is 0 Å². The summed E-state index contributed by atoms with van der Waals surface area (Å²) in [7, 11) is 1.45. The van der Waals surface area contributed by atoms with Crippen LogP contribution in [0.4, 0.5) is 0 Å². The number of nitrogens with one attached hydrogen (secondary N) is 2. The van der Waals surface area contributed by atoms with Gasteiger partial charge >= 0.3 is 11.8 Å². The lowest BCUT2D eigenvalue weighted by atomic mass is 10.1. The molecule has 21 heavy (non-hydrogen) atoms. The summed E-state index contributed by atoms with van der Waals surface area (Å²) in [4.78, 5) is 23.5. The molecule has 0 saturated carbocycles. The van der Waals surface area contributed by atoms with Crippen LogP contribution in [0.1, 0.15) is 25.5 Å². The Balaban J connectivity index is 2.46. The second-order valence-electron chi connectivity index (χ2n) is 5.22. The Kier molecular flexibility index (Phi) is 6.33. The van der Waals surface area contributed by atoms with E-state index in [1.165, 1.54) is 14.0 Å². The smallest absolute Gasteiger partial charge is 0.309 e. The van der Waals surface area contributed by atoms with Crippen molar-refractivity contribution in [2.75, 3.05) is 20.3 Å². The average Bonchev–Trinajstić information content (AvgIpc) is 2.45. The maximum absolute atomic E-state index is 11.8. The molecule has 2 atom stereocenters. The standard InChI is InChI=1S/C15H22N2O4/c1-11(12-7-5-4-6-8-12)17-14(19)13(18)16-9-15(2,20)10-21-3/h4-8,11,20H,9-10H2,1-3H3,(H,16,18)(H,17,19)/t11-,15+/m1/s1. The number of benzene rings is 1. The highest BCUT2D eigenvalue weighted by Gasteiger charge is 2.23. The second kappa shape index (κ2) is 7.75. The third kappa shape index (κ3) is 5.93. The van der Waals surface area contributed by atoms with Crippen LogP contribution in [-0.2, 0) is 14.3 Å². The van der Waals surface area contributed by atoms with Crippen LogP contribution in [-0.4, -0.2) is 42.8 Å². The molecule has 0 aromatic heterocycles. The first-order valence-electron chi connectivity index (χ1n) is 6.70. The molecule has 0 bridgehead atoms. The Bertz CT molecular complexity index is 474. The van der Waals surface area contributed by atoms with Crippen LogP contribution < -0.4 is 10.6 Å². The third-order valence-electron chi connectivity index (χ3n) is 2.94. The number of ether oxygens (including phenoxy) is 1. The highest BCUT2D eigenvalue weighted by atomic mass is 16.5. The van der Waals surface area contributed by atoms with Gasteiger partial charge in [0, 0.05) is 13.7 Å². The number of methoxy groups -OCH3 is 1. The lowest BCUT2D eigenvalue weighted by Crippen LogP contribution is -2.48. The predicted octanol–water partition coefficient (Wildman–Crippen LogP) is 0.377. The Hall–Kier alpha value is -1.92. The molecule has 3 N–H and O–H groups in total. The fourth-order valence-electron chi connectivity index (χ4n) is 1.80. The van der Waals surface area contributed by atoms with Gasteiger partial charge in [-0.3, -0.25) is 9.59 Å². The Morgan fingerprint density at radius 2 is 1.90 bits per heavy atom. The van der Waals surface area contributed by atoms with Crippen molar-refractivity contribution in [2.45, 2.75) is 25.5 Å². The van der Waals surface area contributed by atoms with Crippen molar-refractivity contribution in [3.05, 3.63) is 35.9 Å². The summed E-state index contributed by atoms with van der Waals surface area (Å²) < 4.78 is 4.82. The minimum atomic E-state index is -1.21. The van der Waals surface area contributed by atoms with Gasteiger partial charge in [-0.15, -0.1) is 0 Å². The van der Waals surface area contributed by atoms with Crippen molar-refractivity contribution in [3.8, 4) is 0 Å². The largest absolute Gasteiger partial charge is 0.386 e. The van der Waals surface area contributed by atoms with E-state index in [0.29, 0.717) is 0 Å². The third-order valence-corrected chi connectivity index (χ3v) is 2.94. The van der Waals surface area contributed by atoms with Gasteiger partial charge in [-0.1, -0.05) is 30.3 Å². The molecule has 116 valence electrons. The first-order valence-corrected chi connectivity index (χ1v) is 6.70. The maximum atomic E-state index is 11.8. The molecule has 1 rings (SSSR count). The molecule has 1 aromatic rings. The van der Waals surface area contributed by atoms with Crippen LogP contribution >= 0.6 is 0 Å². The monoisotopic (exact) mass is 294 g/mol. The van der Waals surface area contributed by atoms with Gasteiger partial charge in [-0.2, -0.15) is 0 Å².